The number of likely N-dealkylation sites (tertiary alicyclic amines) is 1. The lowest BCUT2D eigenvalue weighted by molar-refractivity contribution is -0.132. The summed E-state index contributed by atoms with van der Waals surface area (Å²) in [5.74, 6) is 1.11. The third kappa shape index (κ3) is 4.74. The highest BCUT2D eigenvalue weighted by Gasteiger charge is 2.20. The van der Waals surface area contributed by atoms with E-state index in [1.807, 2.05) is 4.90 Å². The molecule has 1 atom stereocenters. The van der Waals surface area contributed by atoms with Crippen LogP contribution in [0, 0.1) is 0 Å². The van der Waals surface area contributed by atoms with Crippen molar-refractivity contribution in [2.45, 2.75) is 38.3 Å². The summed E-state index contributed by atoms with van der Waals surface area (Å²) in [6, 6.07) is 3.39. The number of nitrogens with zero attached hydrogens (tertiary/aromatic N) is 3. The van der Waals surface area contributed by atoms with Crippen LogP contribution in [-0.4, -0.2) is 53.7 Å². The van der Waals surface area contributed by atoms with Crippen LogP contribution in [0.3, 0.4) is 0 Å². The molecule has 2 aromatic rings. The van der Waals surface area contributed by atoms with E-state index in [0.717, 1.165) is 19.4 Å². The molecule has 0 aliphatic carbocycles. The van der Waals surface area contributed by atoms with Gasteiger partial charge in [0.2, 0.25) is 5.91 Å². The van der Waals surface area contributed by atoms with E-state index in [4.69, 9.17) is 15.2 Å². The number of rotatable bonds is 6. The Bertz CT molecular complexity index is 886. The molecule has 1 aromatic heterocycles. The second-order valence-corrected chi connectivity index (χ2v) is 6.81. The van der Waals surface area contributed by atoms with Gasteiger partial charge in [-0.05, 0) is 25.3 Å². The standard InChI is InChI=1S/C19H26N4O4.ClH/c1-26-16-9-14-15(10-17(16)27-2)21-12-23(19(14)25)8-4-6-18(24)22-7-3-5-13(20)11-22;/h9-10,12-13H,3-8,11,20H2,1-2H3;1H. The molecule has 2 heterocycles. The summed E-state index contributed by atoms with van der Waals surface area (Å²) in [5, 5.41) is 0.462. The van der Waals surface area contributed by atoms with Crippen LogP contribution in [0.25, 0.3) is 10.9 Å². The van der Waals surface area contributed by atoms with Gasteiger partial charge in [-0.1, -0.05) is 0 Å². The van der Waals surface area contributed by atoms with E-state index < -0.39 is 0 Å². The summed E-state index contributed by atoms with van der Waals surface area (Å²) in [6.07, 6.45) is 4.40. The Morgan fingerprint density at radius 1 is 1.29 bits per heavy atom. The second kappa shape index (κ2) is 9.75. The molecule has 1 aromatic carbocycles. The molecule has 1 amide bonds. The van der Waals surface area contributed by atoms with Gasteiger partial charge in [-0.2, -0.15) is 0 Å². The van der Waals surface area contributed by atoms with Crippen LogP contribution in [-0.2, 0) is 11.3 Å². The fourth-order valence-corrected chi connectivity index (χ4v) is 3.44. The largest absolute Gasteiger partial charge is 0.493 e. The van der Waals surface area contributed by atoms with E-state index in [2.05, 4.69) is 4.98 Å². The number of halogens is 1. The lowest BCUT2D eigenvalue weighted by atomic mass is 10.1. The van der Waals surface area contributed by atoms with E-state index in [1.165, 1.54) is 25.1 Å². The summed E-state index contributed by atoms with van der Waals surface area (Å²) in [6.45, 7) is 1.82. The Kier molecular flexibility index (Phi) is 7.65. The van der Waals surface area contributed by atoms with Crippen LogP contribution in [0.1, 0.15) is 25.7 Å². The molecule has 3 rings (SSSR count). The number of hydrogen-bond acceptors (Lipinski definition) is 6. The first-order valence-electron chi connectivity index (χ1n) is 9.18. The maximum absolute atomic E-state index is 12.7. The number of fused-ring (bicyclic) bond motifs is 1. The summed E-state index contributed by atoms with van der Waals surface area (Å²) >= 11 is 0. The number of piperidine rings is 1. The van der Waals surface area contributed by atoms with Crippen LogP contribution >= 0.6 is 12.4 Å². The van der Waals surface area contributed by atoms with Gasteiger partial charge in [0.15, 0.2) is 11.5 Å². The zero-order valence-electron chi connectivity index (χ0n) is 16.2. The van der Waals surface area contributed by atoms with Gasteiger partial charge < -0.3 is 20.1 Å². The molecule has 0 bridgehead atoms. The van der Waals surface area contributed by atoms with Gasteiger partial charge in [0.05, 0.1) is 31.4 Å². The molecule has 1 saturated heterocycles. The van der Waals surface area contributed by atoms with Crippen LogP contribution in [0.15, 0.2) is 23.3 Å². The Hall–Kier alpha value is -2.32. The predicted molar refractivity (Wildman–Crippen MR) is 109 cm³/mol. The van der Waals surface area contributed by atoms with Crippen molar-refractivity contribution in [2.24, 2.45) is 5.73 Å². The van der Waals surface area contributed by atoms with Crippen LogP contribution < -0.4 is 20.8 Å². The number of carbonyl (C=O) groups is 1. The zero-order valence-corrected chi connectivity index (χ0v) is 17.0. The second-order valence-electron chi connectivity index (χ2n) is 6.81. The van der Waals surface area contributed by atoms with Gasteiger partial charge in [-0.15, -0.1) is 12.4 Å². The van der Waals surface area contributed by atoms with E-state index in [0.29, 0.717) is 48.3 Å². The minimum atomic E-state index is -0.159. The Morgan fingerprint density at radius 3 is 2.68 bits per heavy atom. The molecular weight excluding hydrogens is 384 g/mol. The van der Waals surface area contributed by atoms with Crippen molar-refractivity contribution in [3.8, 4) is 11.5 Å². The van der Waals surface area contributed by atoms with Crippen molar-refractivity contribution in [1.82, 2.24) is 14.5 Å². The number of ether oxygens (including phenoxy) is 2. The van der Waals surface area contributed by atoms with Gasteiger partial charge in [0, 0.05) is 38.2 Å². The number of aromatic nitrogens is 2. The van der Waals surface area contributed by atoms with Crippen LogP contribution in [0.2, 0.25) is 0 Å². The molecule has 0 saturated carbocycles. The Labute approximate surface area is 170 Å². The van der Waals surface area contributed by atoms with Gasteiger partial charge in [-0.3, -0.25) is 14.2 Å². The maximum atomic E-state index is 12.7. The van der Waals surface area contributed by atoms with Gasteiger partial charge in [0.1, 0.15) is 0 Å². The van der Waals surface area contributed by atoms with E-state index in [9.17, 15) is 9.59 Å². The van der Waals surface area contributed by atoms with Gasteiger partial charge in [-0.25, -0.2) is 4.98 Å². The summed E-state index contributed by atoms with van der Waals surface area (Å²) in [4.78, 5) is 31.2. The zero-order chi connectivity index (χ0) is 19.4. The number of hydrogen-bond donors (Lipinski definition) is 1. The third-order valence-corrected chi connectivity index (χ3v) is 4.93. The Morgan fingerprint density at radius 2 is 2.00 bits per heavy atom. The van der Waals surface area contributed by atoms with Crippen molar-refractivity contribution >= 4 is 29.2 Å². The average Bonchev–Trinajstić information content (AvgIpc) is 2.68. The van der Waals surface area contributed by atoms with E-state index in [-0.39, 0.29) is 29.9 Å². The van der Waals surface area contributed by atoms with Crippen molar-refractivity contribution in [3.05, 3.63) is 28.8 Å². The molecule has 9 heteroatoms. The normalized spacial score (nSPS) is 16.5. The predicted octanol–water partition coefficient (Wildman–Crippen LogP) is 1.57. The summed E-state index contributed by atoms with van der Waals surface area (Å²) in [5.41, 5.74) is 6.32. The fourth-order valence-electron chi connectivity index (χ4n) is 3.44. The quantitative estimate of drug-likeness (QED) is 0.775. The van der Waals surface area contributed by atoms with Crippen LogP contribution in [0.4, 0.5) is 0 Å². The van der Waals surface area contributed by atoms with Crippen LogP contribution in [0.5, 0.6) is 11.5 Å². The SMILES string of the molecule is COc1cc2ncn(CCCC(=O)N3CCCC(N)C3)c(=O)c2cc1OC.Cl. The number of benzene rings is 1. The molecule has 154 valence electrons. The lowest BCUT2D eigenvalue weighted by Crippen LogP contribution is -2.45. The number of carbonyl (C=O) groups excluding carboxylic acids is 1. The summed E-state index contributed by atoms with van der Waals surface area (Å²) < 4.78 is 12.0. The highest BCUT2D eigenvalue weighted by Crippen LogP contribution is 2.29. The lowest BCUT2D eigenvalue weighted by Gasteiger charge is -2.30. The first-order chi connectivity index (χ1) is 13.0. The molecule has 1 aliphatic rings. The minimum absolute atomic E-state index is 0. The number of amides is 1. The number of nitrogens with two attached hydrogens (primary N) is 1. The molecule has 1 fully saturated rings. The van der Waals surface area contributed by atoms with Gasteiger partial charge >= 0.3 is 0 Å². The van der Waals surface area contributed by atoms with Crippen molar-refractivity contribution < 1.29 is 14.3 Å². The first-order valence-corrected chi connectivity index (χ1v) is 9.18. The van der Waals surface area contributed by atoms with Gasteiger partial charge in [0.25, 0.3) is 5.56 Å². The van der Waals surface area contributed by atoms with Crippen molar-refractivity contribution in [1.29, 1.82) is 0 Å². The molecule has 1 aliphatic heterocycles. The molecule has 2 N–H and O–H groups in total. The number of methoxy groups -OCH3 is 2. The molecule has 0 radical (unpaired) electrons. The third-order valence-electron chi connectivity index (χ3n) is 4.93. The maximum Gasteiger partial charge on any atom is 0.261 e. The molecule has 0 spiro atoms. The smallest absolute Gasteiger partial charge is 0.261 e. The van der Waals surface area contributed by atoms with Crippen molar-refractivity contribution in [2.75, 3.05) is 27.3 Å². The van der Waals surface area contributed by atoms with E-state index >= 15 is 0 Å². The first kappa shape index (κ1) is 22.0. The molecule has 8 nitrogen and oxygen atoms in total. The molecule has 1 unspecified atom stereocenters. The number of aryl methyl sites for hydroxylation is 1. The topological polar surface area (TPSA) is 99.7 Å². The summed E-state index contributed by atoms with van der Waals surface area (Å²) in [7, 11) is 3.06. The Balaban J connectivity index is 0.00000280. The minimum Gasteiger partial charge on any atom is -0.493 e. The van der Waals surface area contributed by atoms with Crippen molar-refractivity contribution in [3.63, 3.8) is 0 Å². The van der Waals surface area contributed by atoms with E-state index in [1.54, 1.807) is 12.1 Å². The highest BCUT2D eigenvalue weighted by molar-refractivity contribution is 5.85. The average molecular weight is 411 g/mol. The highest BCUT2D eigenvalue weighted by atomic mass is 35.5. The fraction of sp³-hybridized carbons (Fsp3) is 0.526. The monoisotopic (exact) mass is 410 g/mol. The molecule has 28 heavy (non-hydrogen) atoms. The molecular formula is C19H27ClN4O4.